The van der Waals surface area contributed by atoms with Gasteiger partial charge in [-0.05, 0) is 12.8 Å². The highest BCUT2D eigenvalue weighted by molar-refractivity contribution is 5.71. The molecule has 0 aliphatic rings. The van der Waals surface area contributed by atoms with Crippen LogP contribution in [0.25, 0.3) is 0 Å². The second-order valence-electron chi connectivity index (χ2n) is 6.72. The van der Waals surface area contributed by atoms with Gasteiger partial charge in [-0.1, -0.05) is 13.8 Å². The van der Waals surface area contributed by atoms with Gasteiger partial charge >= 0.3 is 23.9 Å². The van der Waals surface area contributed by atoms with Gasteiger partial charge < -0.3 is 30.4 Å². The summed E-state index contributed by atoms with van der Waals surface area (Å²) < 4.78 is 20.9. The predicted molar refractivity (Wildman–Crippen MR) is 103 cm³/mol. The monoisotopic (exact) mass is 418 g/mol. The second kappa shape index (κ2) is 15.7. The summed E-state index contributed by atoms with van der Waals surface area (Å²) in [6, 6.07) is 0. The second-order valence-corrected chi connectivity index (χ2v) is 6.72. The van der Waals surface area contributed by atoms with Gasteiger partial charge in [0.15, 0.2) is 0 Å². The van der Waals surface area contributed by atoms with Gasteiger partial charge in [0.1, 0.15) is 31.8 Å². The number of esters is 4. The van der Waals surface area contributed by atoms with Crippen LogP contribution in [0.5, 0.6) is 0 Å². The lowest BCUT2D eigenvalue weighted by molar-refractivity contribution is -0.170. The molecule has 0 spiro atoms. The van der Waals surface area contributed by atoms with E-state index in [1.807, 2.05) is 13.8 Å². The van der Waals surface area contributed by atoms with Gasteiger partial charge in [0.2, 0.25) is 0 Å². The topological polar surface area (TPSA) is 157 Å². The fourth-order valence-corrected chi connectivity index (χ4v) is 2.12. The molecule has 0 aliphatic carbocycles. The molecule has 0 saturated heterocycles. The highest BCUT2D eigenvalue weighted by Crippen LogP contribution is 2.22. The molecular weight excluding hydrogens is 384 g/mol. The molecular formula is C19H34N2O8. The van der Waals surface area contributed by atoms with Gasteiger partial charge in [-0.15, -0.1) is 0 Å². The lowest BCUT2D eigenvalue weighted by Gasteiger charge is -2.31. The first-order valence-corrected chi connectivity index (χ1v) is 9.85. The van der Waals surface area contributed by atoms with Crippen LogP contribution in [0.2, 0.25) is 0 Å². The minimum atomic E-state index is -1.23. The van der Waals surface area contributed by atoms with Crippen molar-refractivity contribution in [2.75, 3.05) is 39.5 Å². The first-order chi connectivity index (χ1) is 13.8. The Kier molecular flexibility index (Phi) is 14.5. The number of carbonyl (C=O) groups is 4. The average Bonchev–Trinajstić information content (AvgIpc) is 2.68. The van der Waals surface area contributed by atoms with Crippen molar-refractivity contribution >= 4 is 23.9 Å². The van der Waals surface area contributed by atoms with Crippen LogP contribution in [0.15, 0.2) is 0 Å². The van der Waals surface area contributed by atoms with Crippen LogP contribution in [0.1, 0.15) is 52.4 Å². The molecule has 0 atom stereocenters. The van der Waals surface area contributed by atoms with Crippen LogP contribution in [-0.4, -0.2) is 63.4 Å². The fourth-order valence-electron chi connectivity index (χ4n) is 2.12. The molecule has 0 rings (SSSR count). The Hall–Kier alpha value is -2.20. The number of nitrogens with two attached hydrogens (primary N) is 2. The predicted octanol–water partition coefficient (Wildman–Crippen LogP) is 0.443. The van der Waals surface area contributed by atoms with Crippen LogP contribution < -0.4 is 11.5 Å². The van der Waals surface area contributed by atoms with Crippen molar-refractivity contribution in [3.05, 3.63) is 0 Å². The molecule has 0 fully saturated rings. The van der Waals surface area contributed by atoms with E-state index < -0.39 is 29.3 Å². The van der Waals surface area contributed by atoms with Gasteiger partial charge in [0, 0.05) is 25.9 Å². The van der Waals surface area contributed by atoms with E-state index in [2.05, 4.69) is 0 Å². The molecule has 0 aromatic heterocycles. The Morgan fingerprint density at radius 1 is 0.586 bits per heavy atom. The third-order valence-corrected chi connectivity index (χ3v) is 3.76. The minimum absolute atomic E-state index is 0.00567. The largest absolute Gasteiger partial charge is 0.465 e. The van der Waals surface area contributed by atoms with Crippen LogP contribution in [0, 0.1) is 5.41 Å². The maximum absolute atomic E-state index is 11.8. The van der Waals surface area contributed by atoms with Crippen LogP contribution >= 0.6 is 0 Å². The van der Waals surface area contributed by atoms with Crippen molar-refractivity contribution < 1.29 is 38.1 Å². The summed E-state index contributed by atoms with van der Waals surface area (Å²) in [5.74, 6) is -2.05. The molecule has 29 heavy (non-hydrogen) atoms. The first-order valence-electron chi connectivity index (χ1n) is 9.85. The van der Waals surface area contributed by atoms with Crippen molar-refractivity contribution in [3.8, 4) is 0 Å². The number of ether oxygens (including phenoxy) is 4. The van der Waals surface area contributed by atoms with Crippen molar-refractivity contribution in [1.82, 2.24) is 0 Å². The van der Waals surface area contributed by atoms with E-state index in [4.69, 9.17) is 30.4 Å². The molecule has 0 radical (unpaired) electrons. The summed E-state index contributed by atoms with van der Waals surface area (Å²) in [5.41, 5.74) is 9.45. The molecule has 0 heterocycles. The number of rotatable bonds is 16. The van der Waals surface area contributed by atoms with Crippen LogP contribution in [-0.2, 0) is 38.1 Å². The average molecular weight is 418 g/mol. The molecule has 0 saturated carbocycles. The lowest BCUT2D eigenvalue weighted by atomic mass is 9.92. The minimum Gasteiger partial charge on any atom is -0.465 e. The van der Waals surface area contributed by atoms with E-state index in [1.165, 1.54) is 0 Å². The highest BCUT2D eigenvalue weighted by Gasteiger charge is 2.37. The summed E-state index contributed by atoms with van der Waals surface area (Å²) in [6.07, 6.45) is 1.57. The SMILES string of the molecule is CCCC(=O)OCC(COC(=O)CCC)(COC(=O)CCN)COC(=O)CCN. The molecule has 168 valence electrons. The van der Waals surface area contributed by atoms with E-state index in [9.17, 15) is 19.2 Å². The van der Waals surface area contributed by atoms with E-state index in [1.54, 1.807) is 0 Å². The van der Waals surface area contributed by atoms with E-state index in [0.29, 0.717) is 12.8 Å². The summed E-state index contributed by atoms with van der Waals surface area (Å²) >= 11 is 0. The van der Waals surface area contributed by atoms with Crippen LogP contribution in [0.4, 0.5) is 0 Å². The van der Waals surface area contributed by atoms with Gasteiger partial charge in [0.05, 0.1) is 12.8 Å². The summed E-state index contributed by atoms with van der Waals surface area (Å²) in [4.78, 5) is 47.2. The van der Waals surface area contributed by atoms with Crippen molar-refractivity contribution in [2.45, 2.75) is 52.4 Å². The third-order valence-electron chi connectivity index (χ3n) is 3.76. The zero-order chi connectivity index (χ0) is 22.1. The molecule has 0 amide bonds. The van der Waals surface area contributed by atoms with Crippen molar-refractivity contribution in [1.29, 1.82) is 0 Å². The molecule has 4 N–H and O–H groups in total. The molecule has 0 unspecified atom stereocenters. The van der Waals surface area contributed by atoms with Gasteiger partial charge in [-0.3, -0.25) is 19.2 Å². The molecule has 10 heteroatoms. The number of hydrogen-bond donors (Lipinski definition) is 2. The zero-order valence-corrected chi connectivity index (χ0v) is 17.4. The quantitative estimate of drug-likeness (QED) is 0.266. The van der Waals surface area contributed by atoms with Crippen LogP contribution in [0.3, 0.4) is 0 Å². The zero-order valence-electron chi connectivity index (χ0n) is 17.4. The van der Waals surface area contributed by atoms with Gasteiger partial charge in [-0.25, -0.2) is 0 Å². The van der Waals surface area contributed by atoms with Gasteiger partial charge in [-0.2, -0.15) is 0 Å². The van der Waals surface area contributed by atoms with E-state index >= 15 is 0 Å². The van der Waals surface area contributed by atoms with Crippen molar-refractivity contribution in [2.24, 2.45) is 16.9 Å². The molecule has 0 aromatic carbocycles. The molecule has 0 aliphatic heterocycles. The molecule has 0 aromatic rings. The first kappa shape index (κ1) is 26.8. The Bertz CT molecular complexity index is 431. The Morgan fingerprint density at radius 2 is 0.862 bits per heavy atom. The fraction of sp³-hybridized carbons (Fsp3) is 0.789. The summed E-state index contributed by atoms with van der Waals surface area (Å²) in [6.45, 7) is 2.80. The highest BCUT2D eigenvalue weighted by atomic mass is 16.6. The standard InChI is InChI=1S/C19H34N2O8/c1-3-5-15(22)26-11-19(12-27-16(23)6-4-2,13-28-17(24)7-9-20)14-29-18(25)8-10-21/h3-14,20-21H2,1-2H3. The Balaban J connectivity index is 5.35. The normalized spacial score (nSPS) is 10.9. The van der Waals surface area contributed by atoms with Gasteiger partial charge in [0.25, 0.3) is 0 Å². The number of hydrogen-bond acceptors (Lipinski definition) is 10. The van der Waals surface area contributed by atoms with Crippen molar-refractivity contribution in [3.63, 3.8) is 0 Å². The third kappa shape index (κ3) is 12.8. The molecule has 10 nitrogen and oxygen atoms in total. The maximum atomic E-state index is 11.8. The van der Waals surface area contributed by atoms with E-state index in [-0.39, 0.29) is 65.2 Å². The summed E-state index contributed by atoms with van der Waals surface area (Å²) in [5, 5.41) is 0. The smallest absolute Gasteiger partial charge is 0.307 e. The lowest BCUT2D eigenvalue weighted by Crippen LogP contribution is -2.44. The van der Waals surface area contributed by atoms with E-state index in [0.717, 1.165) is 0 Å². The number of carbonyl (C=O) groups excluding carboxylic acids is 4. The maximum Gasteiger partial charge on any atom is 0.307 e. The summed E-state index contributed by atoms with van der Waals surface area (Å²) in [7, 11) is 0. The Morgan fingerprint density at radius 3 is 1.10 bits per heavy atom. The Labute approximate surface area is 171 Å². The molecule has 0 bridgehead atoms.